The predicted molar refractivity (Wildman–Crippen MR) is 115 cm³/mol. The molecule has 1 saturated heterocycles. The minimum atomic E-state index is -3.54. The lowest BCUT2D eigenvalue weighted by molar-refractivity contribution is -0.384. The van der Waals surface area contributed by atoms with Crippen molar-refractivity contribution in [2.24, 2.45) is 5.92 Å². The summed E-state index contributed by atoms with van der Waals surface area (Å²) in [4.78, 5) is 22.9. The maximum Gasteiger partial charge on any atom is 0.271 e. The molecule has 30 heavy (non-hydrogen) atoms. The van der Waals surface area contributed by atoms with Gasteiger partial charge in [-0.3, -0.25) is 14.9 Å². The molecule has 2 aromatic carbocycles. The van der Waals surface area contributed by atoms with Crippen molar-refractivity contribution in [2.75, 3.05) is 18.4 Å². The van der Waals surface area contributed by atoms with Crippen LogP contribution in [0, 0.1) is 16.0 Å². The molecular weight excluding hydrogens is 453 g/mol. The zero-order chi connectivity index (χ0) is 21.9. The molecular formula is C19H19Cl2N3O5S. The van der Waals surface area contributed by atoms with E-state index < -0.39 is 20.9 Å². The number of sulfonamides is 1. The molecule has 3 rings (SSSR count). The SMILES string of the molecule is O=C(Nc1cc([N+](=O)[O-])ccc1Cl)C1CCN(S(=O)(=O)Cc2cccc(Cl)c2)CC1. The van der Waals surface area contributed by atoms with Crippen LogP contribution >= 0.6 is 23.2 Å². The van der Waals surface area contributed by atoms with Crippen LogP contribution in [0.15, 0.2) is 42.5 Å². The van der Waals surface area contributed by atoms with E-state index in [1.165, 1.54) is 22.5 Å². The summed E-state index contributed by atoms with van der Waals surface area (Å²) in [5.74, 6) is -0.921. The van der Waals surface area contributed by atoms with E-state index in [1.54, 1.807) is 24.3 Å². The average molecular weight is 472 g/mol. The number of piperidine rings is 1. The molecule has 160 valence electrons. The monoisotopic (exact) mass is 471 g/mol. The molecule has 0 radical (unpaired) electrons. The van der Waals surface area contributed by atoms with Gasteiger partial charge in [0.2, 0.25) is 15.9 Å². The van der Waals surface area contributed by atoms with E-state index in [4.69, 9.17) is 23.2 Å². The van der Waals surface area contributed by atoms with Gasteiger partial charge in [-0.05, 0) is 36.6 Å². The number of nitro groups is 1. The van der Waals surface area contributed by atoms with Crippen molar-refractivity contribution < 1.29 is 18.1 Å². The number of halogens is 2. The van der Waals surface area contributed by atoms with E-state index in [0.29, 0.717) is 23.4 Å². The Labute approximate surface area is 184 Å². The third kappa shape index (κ3) is 5.48. The van der Waals surface area contributed by atoms with Gasteiger partial charge in [-0.2, -0.15) is 0 Å². The molecule has 0 spiro atoms. The molecule has 0 saturated carbocycles. The van der Waals surface area contributed by atoms with Crippen molar-refractivity contribution in [3.63, 3.8) is 0 Å². The van der Waals surface area contributed by atoms with Gasteiger partial charge in [0.25, 0.3) is 5.69 Å². The minimum absolute atomic E-state index is 0.159. The zero-order valence-electron chi connectivity index (χ0n) is 15.8. The Morgan fingerprint density at radius 1 is 1.17 bits per heavy atom. The highest BCUT2D eigenvalue weighted by Crippen LogP contribution is 2.29. The molecule has 1 amide bonds. The van der Waals surface area contributed by atoms with Crippen molar-refractivity contribution in [1.29, 1.82) is 0 Å². The number of nitrogens with one attached hydrogen (secondary N) is 1. The smallest absolute Gasteiger partial charge is 0.271 e. The molecule has 1 N–H and O–H groups in total. The summed E-state index contributed by atoms with van der Waals surface area (Å²) < 4.78 is 26.7. The molecule has 2 aromatic rings. The normalized spacial score (nSPS) is 15.7. The Morgan fingerprint density at radius 2 is 1.87 bits per heavy atom. The van der Waals surface area contributed by atoms with Gasteiger partial charge < -0.3 is 5.32 Å². The van der Waals surface area contributed by atoms with Crippen LogP contribution < -0.4 is 5.32 Å². The number of nitrogens with zero attached hydrogens (tertiary/aromatic N) is 2. The lowest BCUT2D eigenvalue weighted by Gasteiger charge is -2.30. The van der Waals surface area contributed by atoms with Crippen molar-refractivity contribution in [2.45, 2.75) is 18.6 Å². The fourth-order valence-corrected chi connectivity index (χ4v) is 5.21. The second-order valence-electron chi connectivity index (χ2n) is 6.97. The summed E-state index contributed by atoms with van der Waals surface area (Å²) in [5.41, 5.74) is 0.575. The van der Waals surface area contributed by atoms with Crippen molar-refractivity contribution in [1.82, 2.24) is 4.31 Å². The molecule has 0 unspecified atom stereocenters. The summed E-state index contributed by atoms with van der Waals surface area (Å²) in [6.45, 7) is 0.424. The molecule has 1 aliphatic heterocycles. The van der Waals surface area contributed by atoms with Crippen molar-refractivity contribution in [3.05, 3.63) is 68.2 Å². The number of amides is 1. The predicted octanol–water partition coefficient (Wildman–Crippen LogP) is 4.08. The average Bonchev–Trinajstić information content (AvgIpc) is 2.69. The van der Waals surface area contributed by atoms with Crippen LogP contribution in [-0.4, -0.2) is 36.6 Å². The Bertz CT molecular complexity index is 1070. The second kappa shape index (κ2) is 9.30. The van der Waals surface area contributed by atoms with Crippen molar-refractivity contribution >= 4 is 50.5 Å². The first kappa shape index (κ1) is 22.5. The largest absolute Gasteiger partial charge is 0.324 e. The standard InChI is InChI=1S/C19H19Cl2N3O5S/c20-15-3-1-2-13(10-15)12-30(28,29)23-8-6-14(7-9-23)19(25)22-18-11-16(24(26)27)4-5-17(18)21/h1-5,10-11,14H,6-9,12H2,(H,22,25). The van der Waals surface area contributed by atoms with Gasteiger partial charge in [-0.25, -0.2) is 12.7 Å². The van der Waals surface area contributed by atoms with E-state index >= 15 is 0 Å². The van der Waals surface area contributed by atoms with E-state index in [2.05, 4.69) is 5.32 Å². The first-order valence-electron chi connectivity index (χ1n) is 9.13. The zero-order valence-corrected chi connectivity index (χ0v) is 18.1. The number of carbonyl (C=O) groups excluding carboxylic acids is 1. The molecule has 11 heteroatoms. The summed E-state index contributed by atoms with van der Waals surface area (Å²) in [5, 5.41) is 14.2. The number of nitro benzene ring substituents is 1. The third-order valence-electron chi connectivity index (χ3n) is 4.87. The van der Waals surface area contributed by atoms with E-state index in [9.17, 15) is 23.3 Å². The van der Waals surface area contributed by atoms with Crippen LogP contribution in [0.1, 0.15) is 18.4 Å². The quantitative estimate of drug-likeness (QED) is 0.503. The molecule has 0 bridgehead atoms. The summed E-state index contributed by atoms with van der Waals surface area (Å²) in [6.07, 6.45) is 0.681. The molecule has 1 aliphatic rings. The molecule has 0 atom stereocenters. The third-order valence-corrected chi connectivity index (χ3v) is 7.29. The van der Waals surface area contributed by atoms with E-state index in [-0.39, 0.29) is 41.1 Å². The lowest BCUT2D eigenvalue weighted by atomic mass is 9.97. The number of anilines is 1. The number of hydrogen-bond acceptors (Lipinski definition) is 5. The highest BCUT2D eigenvalue weighted by molar-refractivity contribution is 7.88. The molecule has 1 heterocycles. The van der Waals surface area contributed by atoms with Crippen molar-refractivity contribution in [3.8, 4) is 0 Å². The highest BCUT2D eigenvalue weighted by Gasteiger charge is 2.31. The Balaban J connectivity index is 1.60. The lowest BCUT2D eigenvalue weighted by Crippen LogP contribution is -2.41. The number of carbonyl (C=O) groups is 1. The Morgan fingerprint density at radius 3 is 2.50 bits per heavy atom. The van der Waals surface area contributed by atoms with E-state index in [0.717, 1.165) is 0 Å². The van der Waals surface area contributed by atoms with Gasteiger partial charge in [0.1, 0.15) is 0 Å². The highest BCUT2D eigenvalue weighted by atomic mass is 35.5. The Hall–Kier alpha value is -2.20. The first-order chi connectivity index (χ1) is 14.2. The topological polar surface area (TPSA) is 110 Å². The summed E-state index contributed by atoms with van der Waals surface area (Å²) in [7, 11) is -3.54. The van der Waals surface area contributed by atoms with Crippen LogP contribution in [-0.2, 0) is 20.6 Å². The van der Waals surface area contributed by atoms with Gasteiger partial charge in [0, 0.05) is 36.2 Å². The number of hydrogen-bond donors (Lipinski definition) is 1. The number of non-ortho nitro benzene ring substituents is 1. The van der Waals surface area contributed by atoms with Gasteiger partial charge in [-0.15, -0.1) is 0 Å². The number of rotatable bonds is 6. The fourth-order valence-electron chi connectivity index (χ4n) is 3.28. The van der Waals surface area contributed by atoms with Gasteiger partial charge >= 0.3 is 0 Å². The molecule has 0 aromatic heterocycles. The molecule has 8 nitrogen and oxygen atoms in total. The summed E-state index contributed by atoms with van der Waals surface area (Å²) >= 11 is 11.9. The van der Waals surface area contributed by atoms with Gasteiger partial charge in [0.15, 0.2) is 0 Å². The second-order valence-corrected chi connectivity index (χ2v) is 9.78. The summed E-state index contributed by atoms with van der Waals surface area (Å²) in [6, 6.07) is 10.5. The van der Waals surface area contributed by atoms with Crippen LogP contribution in [0.3, 0.4) is 0 Å². The van der Waals surface area contributed by atoms with E-state index in [1.807, 2.05) is 0 Å². The molecule has 1 fully saturated rings. The van der Waals surface area contributed by atoms with Gasteiger partial charge in [0.05, 0.1) is 21.4 Å². The first-order valence-corrected chi connectivity index (χ1v) is 11.5. The van der Waals surface area contributed by atoms with Gasteiger partial charge in [-0.1, -0.05) is 35.3 Å². The van der Waals surface area contributed by atoms with Crippen LogP contribution in [0.2, 0.25) is 10.0 Å². The van der Waals surface area contributed by atoms with Crippen LogP contribution in [0.4, 0.5) is 11.4 Å². The maximum absolute atomic E-state index is 12.7. The van der Waals surface area contributed by atoms with Crippen LogP contribution in [0.5, 0.6) is 0 Å². The Kier molecular flexibility index (Phi) is 6.97. The fraction of sp³-hybridized carbons (Fsp3) is 0.316. The maximum atomic E-state index is 12.7. The van der Waals surface area contributed by atoms with Crippen LogP contribution in [0.25, 0.3) is 0 Å². The number of benzene rings is 2. The minimum Gasteiger partial charge on any atom is -0.324 e. The molecule has 0 aliphatic carbocycles.